The summed E-state index contributed by atoms with van der Waals surface area (Å²) < 4.78 is 5.63. The fraction of sp³-hybridized carbons (Fsp3) is 0.429. The van der Waals surface area contributed by atoms with Crippen LogP contribution in [0.2, 0.25) is 5.02 Å². The van der Waals surface area contributed by atoms with Crippen molar-refractivity contribution in [2.75, 3.05) is 6.61 Å². The number of guanidine groups is 1. The molecule has 0 amide bonds. The van der Waals surface area contributed by atoms with E-state index < -0.39 is 0 Å². The third-order valence-corrected chi connectivity index (χ3v) is 2.91. The van der Waals surface area contributed by atoms with Crippen LogP contribution < -0.4 is 15.9 Å². The van der Waals surface area contributed by atoms with Crippen LogP contribution in [0.4, 0.5) is 0 Å². The van der Waals surface area contributed by atoms with Crippen LogP contribution in [0.25, 0.3) is 0 Å². The summed E-state index contributed by atoms with van der Waals surface area (Å²) in [5.41, 5.74) is 8.26. The van der Waals surface area contributed by atoms with Crippen LogP contribution in [-0.2, 0) is 0 Å². The average molecular weight is 297 g/mol. The number of ether oxygens (including phenoxy) is 1. The molecule has 1 rings (SSSR count). The Morgan fingerprint density at radius 1 is 1.45 bits per heavy atom. The zero-order valence-electron chi connectivity index (χ0n) is 11.7. The Hall–Kier alpha value is -1.75. The molecule has 0 atom stereocenters. The summed E-state index contributed by atoms with van der Waals surface area (Å²) in [7, 11) is 0. The van der Waals surface area contributed by atoms with E-state index in [9.17, 15) is 0 Å². The maximum atomic E-state index is 6.97. The molecule has 0 heterocycles. The molecule has 6 heteroatoms. The molecule has 110 valence electrons. The van der Waals surface area contributed by atoms with Crippen molar-refractivity contribution in [3.8, 4) is 5.75 Å². The van der Waals surface area contributed by atoms with Gasteiger partial charge < -0.3 is 10.5 Å². The van der Waals surface area contributed by atoms with Gasteiger partial charge in [0.1, 0.15) is 5.75 Å². The molecular weight excluding hydrogens is 276 g/mol. The Morgan fingerprint density at radius 2 is 2.25 bits per heavy atom. The smallest absolute Gasteiger partial charge is 0.206 e. The van der Waals surface area contributed by atoms with Gasteiger partial charge in [-0.3, -0.25) is 5.41 Å². The number of rotatable bonds is 8. The van der Waals surface area contributed by atoms with Crippen molar-refractivity contribution in [1.82, 2.24) is 5.43 Å². The van der Waals surface area contributed by atoms with E-state index in [2.05, 4.69) is 17.5 Å². The van der Waals surface area contributed by atoms with E-state index in [-0.39, 0.29) is 5.96 Å². The SMILES string of the molecule is CCCCCCOc1ccc(C=NNC(=N)N)cc1Cl. The Kier molecular flexibility index (Phi) is 7.50. The van der Waals surface area contributed by atoms with Crippen LogP contribution in [-0.4, -0.2) is 18.8 Å². The summed E-state index contributed by atoms with van der Waals surface area (Å²) in [6.07, 6.45) is 6.20. The van der Waals surface area contributed by atoms with Gasteiger partial charge in [0.25, 0.3) is 0 Å². The average Bonchev–Trinajstić information content (AvgIpc) is 2.40. The molecule has 4 N–H and O–H groups in total. The number of nitrogens with one attached hydrogen (secondary N) is 2. The molecule has 1 aromatic rings. The fourth-order valence-corrected chi connectivity index (χ4v) is 1.85. The lowest BCUT2D eigenvalue weighted by molar-refractivity contribution is 0.305. The van der Waals surface area contributed by atoms with Gasteiger partial charge in [0.05, 0.1) is 17.8 Å². The topological polar surface area (TPSA) is 83.5 Å². The van der Waals surface area contributed by atoms with Crippen LogP contribution in [0.5, 0.6) is 5.75 Å². The number of halogens is 1. The summed E-state index contributed by atoms with van der Waals surface area (Å²) in [4.78, 5) is 0. The van der Waals surface area contributed by atoms with Crippen molar-refractivity contribution in [3.63, 3.8) is 0 Å². The molecule has 0 aliphatic heterocycles. The van der Waals surface area contributed by atoms with Crippen molar-refractivity contribution in [2.45, 2.75) is 32.6 Å². The molecule has 0 saturated heterocycles. The number of hydrogen-bond donors (Lipinski definition) is 3. The first kappa shape index (κ1) is 16.3. The molecule has 0 radical (unpaired) electrons. The predicted octanol–water partition coefficient (Wildman–Crippen LogP) is 3.12. The normalized spacial score (nSPS) is 10.7. The van der Waals surface area contributed by atoms with Crippen LogP contribution in [0.15, 0.2) is 23.3 Å². The lowest BCUT2D eigenvalue weighted by atomic mass is 10.2. The summed E-state index contributed by atoms with van der Waals surface area (Å²) in [6, 6.07) is 5.42. The van der Waals surface area contributed by atoms with E-state index in [4.69, 9.17) is 27.5 Å². The second kappa shape index (κ2) is 9.20. The Labute approximate surface area is 124 Å². The number of nitrogens with two attached hydrogens (primary N) is 1. The van der Waals surface area contributed by atoms with Crippen molar-refractivity contribution in [1.29, 1.82) is 5.41 Å². The minimum absolute atomic E-state index is 0.209. The molecular formula is C14H21ClN4O. The van der Waals surface area contributed by atoms with Crippen LogP contribution in [0.1, 0.15) is 38.2 Å². The lowest BCUT2D eigenvalue weighted by Crippen LogP contribution is -2.25. The quantitative estimate of drug-likeness (QED) is 0.298. The third kappa shape index (κ3) is 6.43. The highest BCUT2D eigenvalue weighted by Gasteiger charge is 2.02. The predicted molar refractivity (Wildman–Crippen MR) is 83.7 cm³/mol. The first-order chi connectivity index (χ1) is 9.63. The van der Waals surface area contributed by atoms with Crippen LogP contribution >= 0.6 is 11.6 Å². The molecule has 0 aromatic heterocycles. The molecule has 0 aliphatic rings. The lowest BCUT2D eigenvalue weighted by Gasteiger charge is -2.08. The van der Waals surface area contributed by atoms with Gasteiger partial charge in [-0.15, -0.1) is 0 Å². The van der Waals surface area contributed by atoms with Gasteiger partial charge in [-0.25, -0.2) is 5.43 Å². The number of hydrogen-bond acceptors (Lipinski definition) is 3. The molecule has 0 aliphatic carbocycles. The zero-order valence-corrected chi connectivity index (χ0v) is 12.4. The van der Waals surface area contributed by atoms with Crippen molar-refractivity contribution in [3.05, 3.63) is 28.8 Å². The molecule has 1 aromatic carbocycles. The van der Waals surface area contributed by atoms with Gasteiger partial charge in [-0.1, -0.05) is 37.8 Å². The third-order valence-electron chi connectivity index (χ3n) is 2.61. The number of nitrogens with zero attached hydrogens (tertiary/aromatic N) is 1. The van der Waals surface area contributed by atoms with Crippen LogP contribution in [0, 0.1) is 5.41 Å². The summed E-state index contributed by atoms with van der Waals surface area (Å²) in [5, 5.41) is 11.3. The second-order valence-electron chi connectivity index (χ2n) is 4.38. The molecule has 0 bridgehead atoms. The van der Waals surface area contributed by atoms with E-state index in [0.29, 0.717) is 17.4 Å². The number of benzene rings is 1. The second-order valence-corrected chi connectivity index (χ2v) is 4.79. The molecule has 20 heavy (non-hydrogen) atoms. The van der Waals surface area contributed by atoms with E-state index in [1.807, 2.05) is 12.1 Å². The van der Waals surface area contributed by atoms with Gasteiger partial charge in [0.2, 0.25) is 5.96 Å². The van der Waals surface area contributed by atoms with Crippen molar-refractivity contribution < 1.29 is 4.74 Å². The highest BCUT2D eigenvalue weighted by molar-refractivity contribution is 6.32. The summed E-state index contributed by atoms with van der Waals surface area (Å²) >= 11 is 6.14. The maximum absolute atomic E-state index is 6.97. The first-order valence-corrected chi connectivity index (χ1v) is 7.06. The summed E-state index contributed by atoms with van der Waals surface area (Å²) in [5.74, 6) is 0.472. The molecule has 5 nitrogen and oxygen atoms in total. The van der Waals surface area contributed by atoms with Crippen LogP contribution in [0.3, 0.4) is 0 Å². The monoisotopic (exact) mass is 296 g/mol. The highest BCUT2D eigenvalue weighted by atomic mass is 35.5. The number of unbranched alkanes of at least 4 members (excludes halogenated alkanes) is 3. The van der Waals surface area contributed by atoms with Crippen molar-refractivity contribution in [2.24, 2.45) is 10.8 Å². The largest absolute Gasteiger partial charge is 0.492 e. The Balaban J connectivity index is 2.46. The van der Waals surface area contributed by atoms with Gasteiger partial charge in [0.15, 0.2) is 0 Å². The van der Waals surface area contributed by atoms with Gasteiger partial charge in [0, 0.05) is 0 Å². The van der Waals surface area contributed by atoms with E-state index in [0.717, 1.165) is 12.0 Å². The summed E-state index contributed by atoms with van der Waals surface area (Å²) in [6.45, 7) is 2.86. The Bertz CT molecular complexity index is 462. The molecule has 0 spiro atoms. The minimum atomic E-state index is -0.209. The van der Waals surface area contributed by atoms with Gasteiger partial charge >= 0.3 is 0 Å². The van der Waals surface area contributed by atoms with E-state index in [1.165, 1.54) is 25.5 Å². The van der Waals surface area contributed by atoms with Crippen molar-refractivity contribution >= 4 is 23.8 Å². The minimum Gasteiger partial charge on any atom is -0.492 e. The number of hydrazone groups is 1. The maximum Gasteiger partial charge on any atom is 0.206 e. The molecule has 0 unspecified atom stereocenters. The zero-order chi connectivity index (χ0) is 14.8. The standard InChI is InChI=1S/C14H21ClN4O/c1-2-3-4-5-8-20-13-7-6-11(9-12(13)15)10-18-19-14(16)17/h6-7,9-10H,2-5,8H2,1H3,(H4,16,17,19). The highest BCUT2D eigenvalue weighted by Crippen LogP contribution is 2.25. The van der Waals surface area contributed by atoms with Gasteiger partial charge in [-0.05, 0) is 30.2 Å². The molecule has 0 saturated carbocycles. The first-order valence-electron chi connectivity index (χ1n) is 6.69. The van der Waals surface area contributed by atoms with Gasteiger partial charge in [-0.2, -0.15) is 5.10 Å². The van der Waals surface area contributed by atoms with E-state index >= 15 is 0 Å². The van der Waals surface area contributed by atoms with E-state index in [1.54, 1.807) is 6.07 Å². The molecule has 0 fully saturated rings. The fourth-order valence-electron chi connectivity index (χ4n) is 1.60. The Morgan fingerprint density at radius 3 is 2.90 bits per heavy atom.